The Balaban J connectivity index is 1.30. The summed E-state index contributed by atoms with van der Waals surface area (Å²) in [6.07, 6.45) is 0. The lowest BCUT2D eigenvalue weighted by Crippen LogP contribution is -1.96. The van der Waals surface area contributed by atoms with Gasteiger partial charge in [-0.2, -0.15) is 0 Å². The molecule has 0 aliphatic carbocycles. The molecule has 0 spiro atoms. The largest absolute Gasteiger partial charge is 0.309 e. The Morgan fingerprint density at radius 1 is 0.250 bits per heavy atom. The van der Waals surface area contributed by atoms with E-state index in [1.165, 1.54) is 98.1 Å². The van der Waals surface area contributed by atoms with Crippen molar-refractivity contribution in [2.75, 3.05) is 0 Å². The maximum atomic E-state index is 2.47. The molecule has 0 aliphatic rings. The van der Waals surface area contributed by atoms with Gasteiger partial charge in [-0.3, -0.25) is 0 Å². The second kappa shape index (κ2) is 9.57. The number of fused-ring (bicyclic) bond motifs is 14. The maximum Gasteiger partial charge on any atom is 0.0562 e. The van der Waals surface area contributed by atoms with Crippen molar-refractivity contribution in [1.29, 1.82) is 0 Å². The van der Waals surface area contributed by atoms with E-state index in [2.05, 4.69) is 179 Å². The minimum atomic E-state index is 1.17. The average molecular weight is 609 g/mol. The van der Waals surface area contributed by atoms with Crippen molar-refractivity contribution in [3.05, 3.63) is 170 Å². The Morgan fingerprint density at radius 2 is 0.812 bits per heavy atom. The summed E-state index contributed by atoms with van der Waals surface area (Å²) in [5.41, 5.74) is 7.19. The molecule has 0 aliphatic heterocycles. The number of hydrogen-bond acceptors (Lipinski definition) is 0. The first-order valence-corrected chi connectivity index (χ1v) is 16.6. The Bertz CT molecular complexity index is 3070. The van der Waals surface area contributed by atoms with E-state index >= 15 is 0 Å². The Labute approximate surface area is 276 Å². The van der Waals surface area contributed by atoms with Crippen LogP contribution in [-0.4, -0.2) is 9.13 Å². The van der Waals surface area contributed by atoms with Gasteiger partial charge in [-0.15, -0.1) is 0 Å². The molecule has 0 N–H and O–H groups in total. The molecule has 9 aromatic carbocycles. The van der Waals surface area contributed by atoms with Crippen molar-refractivity contribution in [3.63, 3.8) is 0 Å². The molecule has 0 bridgehead atoms. The molecule has 2 heterocycles. The van der Waals surface area contributed by atoms with Crippen LogP contribution in [0.1, 0.15) is 0 Å². The molecule has 0 fully saturated rings. The lowest BCUT2D eigenvalue weighted by atomic mass is 9.94. The van der Waals surface area contributed by atoms with Crippen molar-refractivity contribution < 1.29 is 0 Å². The van der Waals surface area contributed by atoms with Gasteiger partial charge in [0.25, 0.3) is 0 Å². The van der Waals surface area contributed by atoms with E-state index in [1.54, 1.807) is 0 Å². The molecule has 0 amide bonds. The summed E-state index contributed by atoms with van der Waals surface area (Å²) in [7, 11) is 0. The van der Waals surface area contributed by atoms with Gasteiger partial charge in [-0.05, 0) is 91.6 Å². The standard InChI is InChI=1S/C46H28N2/c1-2-13-30(14-3-1)47-43-25-22-29-12-4-5-15-32(29)46(43)41-27-40-38-20-10-11-21-42(38)48(44(40)28-45(41)47)31-23-24-37-35-18-7-6-16-33(35)34-17-8-9-19-36(34)39(37)26-31/h1-28H. The van der Waals surface area contributed by atoms with Crippen LogP contribution < -0.4 is 0 Å². The smallest absolute Gasteiger partial charge is 0.0562 e. The zero-order valence-corrected chi connectivity index (χ0v) is 26.1. The van der Waals surface area contributed by atoms with Crippen LogP contribution in [-0.2, 0) is 0 Å². The zero-order valence-electron chi connectivity index (χ0n) is 26.1. The second-order valence-corrected chi connectivity index (χ2v) is 12.9. The fourth-order valence-electron chi connectivity index (χ4n) is 8.42. The maximum absolute atomic E-state index is 2.47. The van der Waals surface area contributed by atoms with Gasteiger partial charge in [-0.1, -0.05) is 121 Å². The number of para-hydroxylation sites is 2. The molecule has 0 radical (unpaired) electrons. The topological polar surface area (TPSA) is 9.86 Å². The number of aromatic nitrogens is 2. The predicted octanol–water partition coefficient (Wildman–Crippen LogP) is 12.5. The van der Waals surface area contributed by atoms with Gasteiger partial charge in [0.2, 0.25) is 0 Å². The molecule has 0 saturated heterocycles. The third-order valence-corrected chi connectivity index (χ3v) is 10.4. The molecule has 0 unspecified atom stereocenters. The minimum Gasteiger partial charge on any atom is -0.309 e. The van der Waals surface area contributed by atoms with Crippen molar-refractivity contribution in [3.8, 4) is 11.4 Å². The molecule has 11 rings (SSSR count). The summed E-state index contributed by atoms with van der Waals surface area (Å²) in [5.74, 6) is 0. The van der Waals surface area contributed by atoms with E-state index in [9.17, 15) is 0 Å². The average Bonchev–Trinajstić information content (AvgIpc) is 3.66. The molecule has 2 nitrogen and oxygen atoms in total. The summed E-state index contributed by atoms with van der Waals surface area (Å²) in [6, 6.07) is 62.5. The summed E-state index contributed by atoms with van der Waals surface area (Å²) < 4.78 is 4.91. The monoisotopic (exact) mass is 608 g/mol. The SMILES string of the molecule is c1ccc(-n2c3cc4c(cc3c3c5ccccc5ccc32)c2ccccc2n4-c2ccc3c4ccccc4c4ccccc4c3c2)cc1. The second-order valence-electron chi connectivity index (χ2n) is 12.9. The van der Waals surface area contributed by atoms with E-state index in [-0.39, 0.29) is 0 Å². The lowest BCUT2D eigenvalue weighted by Gasteiger charge is -2.14. The normalized spacial score (nSPS) is 12.2. The number of nitrogens with zero attached hydrogens (tertiary/aromatic N) is 2. The van der Waals surface area contributed by atoms with E-state index in [1.807, 2.05) is 0 Å². The molecule has 222 valence electrons. The van der Waals surface area contributed by atoms with Gasteiger partial charge in [0.05, 0.1) is 22.1 Å². The Hall–Kier alpha value is -6.38. The quantitative estimate of drug-likeness (QED) is 0.173. The summed E-state index contributed by atoms with van der Waals surface area (Å²) in [6.45, 7) is 0. The molecular formula is C46H28N2. The fourth-order valence-corrected chi connectivity index (χ4v) is 8.42. The van der Waals surface area contributed by atoms with Gasteiger partial charge in [0, 0.05) is 32.9 Å². The van der Waals surface area contributed by atoms with Crippen LogP contribution in [0.3, 0.4) is 0 Å². The van der Waals surface area contributed by atoms with Crippen LogP contribution in [0, 0.1) is 0 Å². The van der Waals surface area contributed by atoms with E-state index < -0.39 is 0 Å². The van der Waals surface area contributed by atoms with Gasteiger partial charge in [-0.25, -0.2) is 0 Å². The van der Waals surface area contributed by atoms with Gasteiger partial charge in [0.1, 0.15) is 0 Å². The van der Waals surface area contributed by atoms with Crippen LogP contribution in [0.5, 0.6) is 0 Å². The highest BCUT2D eigenvalue weighted by atomic mass is 15.0. The third-order valence-electron chi connectivity index (χ3n) is 10.4. The van der Waals surface area contributed by atoms with Gasteiger partial charge < -0.3 is 9.13 Å². The minimum absolute atomic E-state index is 1.17. The van der Waals surface area contributed by atoms with Crippen molar-refractivity contribution >= 4 is 86.7 Å². The van der Waals surface area contributed by atoms with E-state index in [4.69, 9.17) is 0 Å². The highest BCUT2D eigenvalue weighted by Gasteiger charge is 2.20. The molecule has 11 aromatic rings. The fraction of sp³-hybridized carbons (Fsp3) is 0. The number of benzene rings is 9. The van der Waals surface area contributed by atoms with Crippen LogP contribution in [0.25, 0.3) is 98.1 Å². The summed E-state index contributed by atoms with van der Waals surface area (Å²) in [5, 5.41) is 15.4. The highest BCUT2D eigenvalue weighted by Crippen LogP contribution is 2.43. The first-order valence-electron chi connectivity index (χ1n) is 16.6. The van der Waals surface area contributed by atoms with Crippen molar-refractivity contribution in [2.24, 2.45) is 0 Å². The number of hydrogen-bond donors (Lipinski definition) is 0. The summed E-state index contributed by atoms with van der Waals surface area (Å²) >= 11 is 0. The zero-order chi connectivity index (χ0) is 31.3. The first kappa shape index (κ1) is 25.8. The molecule has 2 aromatic heterocycles. The lowest BCUT2D eigenvalue weighted by molar-refractivity contribution is 1.17. The summed E-state index contributed by atoms with van der Waals surface area (Å²) in [4.78, 5) is 0. The van der Waals surface area contributed by atoms with Crippen LogP contribution in [0.4, 0.5) is 0 Å². The predicted molar refractivity (Wildman–Crippen MR) is 205 cm³/mol. The third kappa shape index (κ3) is 3.41. The van der Waals surface area contributed by atoms with Crippen molar-refractivity contribution in [1.82, 2.24) is 9.13 Å². The van der Waals surface area contributed by atoms with Crippen LogP contribution >= 0.6 is 0 Å². The Morgan fingerprint density at radius 3 is 1.56 bits per heavy atom. The van der Waals surface area contributed by atoms with Gasteiger partial charge >= 0.3 is 0 Å². The molecule has 0 atom stereocenters. The van der Waals surface area contributed by atoms with Crippen molar-refractivity contribution in [2.45, 2.75) is 0 Å². The Kier molecular flexibility index (Phi) is 5.14. The molecule has 0 saturated carbocycles. The van der Waals surface area contributed by atoms with Gasteiger partial charge in [0.15, 0.2) is 0 Å². The molecule has 2 heteroatoms. The first-order chi connectivity index (χ1) is 23.8. The van der Waals surface area contributed by atoms with Crippen LogP contribution in [0.2, 0.25) is 0 Å². The highest BCUT2D eigenvalue weighted by molar-refractivity contribution is 6.27. The van der Waals surface area contributed by atoms with E-state index in [0.717, 1.165) is 0 Å². The molecule has 48 heavy (non-hydrogen) atoms. The molecular weight excluding hydrogens is 581 g/mol. The van der Waals surface area contributed by atoms with Crippen LogP contribution in [0.15, 0.2) is 170 Å². The van der Waals surface area contributed by atoms with E-state index in [0.29, 0.717) is 0 Å². The number of rotatable bonds is 2.